The molecule has 0 bridgehead atoms. The minimum absolute atomic E-state index is 0.0482. The maximum Gasteiger partial charge on any atom is 0.416 e. The number of halogens is 3. The number of alkyl halides is 3. The Morgan fingerprint density at radius 1 is 1.11 bits per heavy atom. The normalized spacial score (nSPS) is 11.6. The second-order valence-electron chi connectivity index (χ2n) is 8.87. The number of carbonyl (C=O) groups is 2. The maximum absolute atomic E-state index is 13.4. The van der Waals surface area contributed by atoms with E-state index in [1.807, 2.05) is 6.92 Å². The van der Waals surface area contributed by atoms with Gasteiger partial charge in [0.25, 0.3) is 5.91 Å². The predicted octanol–water partition coefficient (Wildman–Crippen LogP) is 4.99. The first-order valence-corrected chi connectivity index (χ1v) is 12.1. The molecule has 2 heterocycles. The Bertz CT molecular complexity index is 1490. The Hall–Kier alpha value is -4.10. The highest BCUT2D eigenvalue weighted by Crippen LogP contribution is 2.33. The number of aryl methyl sites for hydroxylation is 1. The third-order valence-electron chi connectivity index (χ3n) is 5.33. The molecule has 2 amide bonds. The average molecular weight is 544 g/mol. The molecule has 0 unspecified atom stereocenters. The molecule has 0 radical (unpaired) electrons. The Labute approximate surface area is 220 Å². The quantitative estimate of drug-likeness (QED) is 0.340. The van der Waals surface area contributed by atoms with E-state index in [-0.39, 0.29) is 23.7 Å². The van der Waals surface area contributed by atoms with Gasteiger partial charge in [-0.2, -0.15) is 13.2 Å². The molecule has 13 heteroatoms. The van der Waals surface area contributed by atoms with E-state index in [9.17, 15) is 22.8 Å². The molecule has 0 aliphatic carbocycles. The van der Waals surface area contributed by atoms with Crippen molar-refractivity contribution in [2.24, 2.45) is 0 Å². The summed E-state index contributed by atoms with van der Waals surface area (Å²) in [5.41, 5.74) is 1.76. The minimum Gasteiger partial charge on any atom is -0.322 e. The second-order valence-corrected chi connectivity index (χ2v) is 9.90. The number of amides is 2. The first-order chi connectivity index (χ1) is 17.9. The molecule has 4 rings (SSSR count). The van der Waals surface area contributed by atoms with E-state index >= 15 is 0 Å². The Morgan fingerprint density at radius 2 is 1.87 bits per heavy atom. The van der Waals surface area contributed by atoms with Crippen molar-refractivity contribution in [3.63, 3.8) is 0 Å². The lowest BCUT2D eigenvalue weighted by Crippen LogP contribution is -2.16. The molecule has 0 aliphatic heterocycles. The van der Waals surface area contributed by atoms with E-state index < -0.39 is 17.6 Å². The number of nitrogens with zero attached hydrogens (tertiary/aromatic N) is 5. The molecular weight excluding hydrogens is 519 g/mol. The summed E-state index contributed by atoms with van der Waals surface area (Å²) < 4.78 is 41.8. The average Bonchev–Trinajstić information content (AvgIpc) is 3.47. The molecule has 0 saturated carbocycles. The van der Waals surface area contributed by atoms with Crippen LogP contribution in [0.2, 0.25) is 0 Å². The highest BCUT2D eigenvalue weighted by atomic mass is 32.1. The minimum atomic E-state index is -4.55. The number of anilines is 2. The van der Waals surface area contributed by atoms with Crippen molar-refractivity contribution in [2.75, 3.05) is 24.7 Å². The third kappa shape index (κ3) is 6.42. The lowest BCUT2D eigenvalue weighted by atomic mass is 10.1. The summed E-state index contributed by atoms with van der Waals surface area (Å²) in [4.78, 5) is 30.8. The summed E-state index contributed by atoms with van der Waals surface area (Å²) in [6.45, 7) is 3.50. The fourth-order valence-corrected chi connectivity index (χ4v) is 4.49. The van der Waals surface area contributed by atoms with Crippen LogP contribution in [-0.4, -0.2) is 50.8 Å². The van der Waals surface area contributed by atoms with Gasteiger partial charge in [0.05, 0.1) is 22.3 Å². The fraction of sp³-hybridized carbons (Fsp3) is 0.240. The summed E-state index contributed by atoms with van der Waals surface area (Å²) >= 11 is 1.24. The van der Waals surface area contributed by atoms with Gasteiger partial charge < -0.3 is 15.5 Å². The molecule has 198 valence electrons. The van der Waals surface area contributed by atoms with Crippen molar-refractivity contribution in [1.29, 1.82) is 0 Å². The molecule has 2 N–H and O–H groups in total. The molecular formula is C25H24F3N7O2S. The summed E-state index contributed by atoms with van der Waals surface area (Å²) in [6, 6.07) is 8.41. The highest BCUT2D eigenvalue weighted by Gasteiger charge is 2.31. The van der Waals surface area contributed by atoms with Gasteiger partial charge >= 0.3 is 6.18 Å². The number of carbonyl (C=O) groups excluding carboxylic acids is 2. The van der Waals surface area contributed by atoms with E-state index in [1.165, 1.54) is 29.0 Å². The number of hydrogen-bond donors (Lipinski definition) is 2. The van der Waals surface area contributed by atoms with E-state index in [0.717, 1.165) is 17.7 Å². The summed E-state index contributed by atoms with van der Waals surface area (Å²) in [5.74, 6) is -0.802. The molecule has 38 heavy (non-hydrogen) atoms. The molecule has 4 aromatic rings. The number of rotatable bonds is 7. The van der Waals surface area contributed by atoms with Gasteiger partial charge in [-0.1, -0.05) is 22.6 Å². The number of thiazole rings is 1. The molecule has 0 saturated heterocycles. The summed E-state index contributed by atoms with van der Waals surface area (Å²) in [5, 5.41) is 13.9. The van der Waals surface area contributed by atoms with Gasteiger partial charge in [0.2, 0.25) is 5.91 Å². The zero-order valence-electron chi connectivity index (χ0n) is 20.9. The van der Waals surface area contributed by atoms with Crippen LogP contribution in [0.15, 0.2) is 48.8 Å². The zero-order valence-corrected chi connectivity index (χ0v) is 21.7. The van der Waals surface area contributed by atoms with Gasteiger partial charge in [-0.25, -0.2) is 9.67 Å². The molecule has 9 nitrogen and oxygen atoms in total. The van der Waals surface area contributed by atoms with Crippen molar-refractivity contribution in [3.8, 4) is 16.3 Å². The largest absolute Gasteiger partial charge is 0.416 e. The van der Waals surface area contributed by atoms with Crippen LogP contribution in [-0.2, 0) is 17.5 Å². The lowest BCUT2D eigenvalue weighted by Gasteiger charge is -2.16. The Kier molecular flexibility index (Phi) is 7.60. The number of benzene rings is 2. The smallest absolute Gasteiger partial charge is 0.322 e. The van der Waals surface area contributed by atoms with E-state index in [0.29, 0.717) is 27.0 Å². The highest BCUT2D eigenvalue weighted by molar-refractivity contribution is 7.19. The Morgan fingerprint density at radius 3 is 2.55 bits per heavy atom. The molecule has 0 fully saturated rings. The van der Waals surface area contributed by atoms with Gasteiger partial charge in [0.1, 0.15) is 5.69 Å². The van der Waals surface area contributed by atoms with Crippen LogP contribution in [0.4, 0.5) is 24.0 Å². The standard InChI is InChI=1S/C25H24F3N7O2S/c1-14-5-6-17(23(37)31-19-8-16(12-34(3)4)7-18(10-19)25(26,27)28)9-21(14)35-13-20(32-33-35)22-11-29-24(38-22)30-15(2)36/h5-11,13H,12H2,1-4H3,(H,31,37)(H,29,30,36). The monoisotopic (exact) mass is 543 g/mol. The van der Waals surface area contributed by atoms with Crippen LogP contribution < -0.4 is 10.6 Å². The Balaban J connectivity index is 1.59. The van der Waals surface area contributed by atoms with E-state index in [2.05, 4.69) is 25.9 Å². The lowest BCUT2D eigenvalue weighted by molar-refractivity contribution is -0.137. The number of hydrogen-bond acceptors (Lipinski definition) is 7. The predicted molar refractivity (Wildman–Crippen MR) is 138 cm³/mol. The number of aromatic nitrogens is 4. The van der Waals surface area contributed by atoms with E-state index in [1.54, 1.807) is 49.6 Å². The van der Waals surface area contributed by atoms with Crippen LogP contribution in [0.3, 0.4) is 0 Å². The van der Waals surface area contributed by atoms with Crippen molar-refractivity contribution in [3.05, 3.63) is 71.0 Å². The molecule has 0 atom stereocenters. The van der Waals surface area contributed by atoms with Crippen LogP contribution in [0.25, 0.3) is 16.3 Å². The van der Waals surface area contributed by atoms with Gasteiger partial charge in [-0.15, -0.1) is 5.10 Å². The van der Waals surface area contributed by atoms with Crippen molar-refractivity contribution < 1.29 is 22.8 Å². The second kappa shape index (κ2) is 10.7. The maximum atomic E-state index is 13.4. The topological polar surface area (TPSA) is 105 Å². The first kappa shape index (κ1) is 26.9. The SMILES string of the molecule is CC(=O)Nc1ncc(-c2cn(-c3cc(C(=O)Nc4cc(CN(C)C)cc(C(F)(F)F)c4)ccc3C)nn2)s1. The van der Waals surface area contributed by atoms with Gasteiger partial charge in [-0.05, 0) is 62.5 Å². The van der Waals surface area contributed by atoms with Crippen LogP contribution in [0, 0.1) is 6.92 Å². The van der Waals surface area contributed by atoms with Crippen molar-refractivity contribution >= 4 is 34.0 Å². The zero-order chi connectivity index (χ0) is 27.6. The van der Waals surface area contributed by atoms with Gasteiger partial charge in [-0.3, -0.25) is 9.59 Å². The van der Waals surface area contributed by atoms with Gasteiger partial charge in [0.15, 0.2) is 5.13 Å². The van der Waals surface area contributed by atoms with Crippen molar-refractivity contribution in [2.45, 2.75) is 26.6 Å². The van der Waals surface area contributed by atoms with Crippen LogP contribution in [0.1, 0.15) is 34.0 Å². The first-order valence-electron chi connectivity index (χ1n) is 11.3. The number of nitrogens with one attached hydrogen (secondary N) is 2. The van der Waals surface area contributed by atoms with Crippen molar-refractivity contribution in [1.82, 2.24) is 24.9 Å². The molecule has 2 aromatic heterocycles. The molecule has 0 spiro atoms. The summed E-state index contributed by atoms with van der Waals surface area (Å²) in [7, 11) is 3.50. The van der Waals surface area contributed by atoms with Crippen LogP contribution in [0.5, 0.6) is 0 Å². The van der Waals surface area contributed by atoms with E-state index in [4.69, 9.17) is 0 Å². The third-order valence-corrected chi connectivity index (χ3v) is 6.26. The summed E-state index contributed by atoms with van der Waals surface area (Å²) in [6.07, 6.45) is -1.32. The molecule has 2 aromatic carbocycles. The van der Waals surface area contributed by atoms with Crippen LogP contribution >= 0.6 is 11.3 Å². The van der Waals surface area contributed by atoms with Gasteiger partial charge in [0, 0.05) is 30.9 Å². The fourth-order valence-electron chi connectivity index (χ4n) is 3.68. The molecule has 0 aliphatic rings.